The standard InChI is InChI=1S/C12H9BrN4O/c1-8-6-11(17-12(16-8)14-7-15-17)18-10-5-3-2-4-9(10)13/h2-7H,1H3. The Labute approximate surface area is 112 Å². The lowest BCUT2D eigenvalue weighted by Gasteiger charge is -2.08. The van der Waals surface area contributed by atoms with Crippen LogP contribution in [0.15, 0.2) is 41.1 Å². The number of rotatable bonds is 2. The van der Waals surface area contributed by atoms with Gasteiger partial charge in [-0.25, -0.2) is 4.98 Å². The van der Waals surface area contributed by atoms with E-state index in [-0.39, 0.29) is 0 Å². The third kappa shape index (κ3) is 1.95. The Morgan fingerprint density at radius 2 is 2.11 bits per heavy atom. The van der Waals surface area contributed by atoms with Crippen LogP contribution >= 0.6 is 15.9 Å². The number of benzene rings is 1. The number of halogens is 1. The molecule has 3 rings (SSSR count). The minimum atomic E-state index is 0.525. The van der Waals surface area contributed by atoms with Gasteiger partial charge >= 0.3 is 0 Å². The molecule has 2 aromatic heterocycles. The monoisotopic (exact) mass is 304 g/mol. The van der Waals surface area contributed by atoms with Gasteiger partial charge in [0.1, 0.15) is 12.1 Å². The second-order valence-corrected chi connectivity index (χ2v) is 4.59. The van der Waals surface area contributed by atoms with Gasteiger partial charge in [0.25, 0.3) is 5.78 Å². The zero-order chi connectivity index (χ0) is 12.5. The van der Waals surface area contributed by atoms with E-state index in [1.807, 2.05) is 37.3 Å². The van der Waals surface area contributed by atoms with Gasteiger partial charge in [0.15, 0.2) is 0 Å². The molecule has 0 fully saturated rings. The van der Waals surface area contributed by atoms with E-state index in [2.05, 4.69) is 31.0 Å². The molecule has 6 heteroatoms. The van der Waals surface area contributed by atoms with Crippen LogP contribution in [0.2, 0.25) is 0 Å². The Morgan fingerprint density at radius 3 is 2.94 bits per heavy atom. The highest BCUT2D eigenvalue weighted by molar-refractivity contribution is 9.10. The van der Waals surface area contributed by atoms with Gasteiger partial charge in [0.2, 0.25) is 5.88 Å². The molecule has 0 N–H and O–H groups in total. The lowest BCUT2D eigenvalue weighted by Crippen LogP contribution is -1.99. The molecule has 0 saturated carbocycles. The van der Waals surface area contributed by atoms with Crippen molar-refractivity contribution < 1.29 is 4.74 Å². The first-order chi connectivity index (χ1) is 8.74. The molecule has 3 aromatic rings. The van der Waals surface area contributed by atoms with E-state index < -0.39 is 0 Å². The molecular weight excluding hydrogens is 296 g/mol. The highest BCUT2D eigenvalue weighted by Gasteiger charge is 2.09. The summed E-state index contributed by atoms with van der Waals surface area (Å²) in [6.45, 7) is 1.89. The maximum Gasteiger partial charge on any atom is 0.255 e. The highest BCUT2D eigenvalue weighted by Crippen LogP contribution is 2.29. The predicted octanol–water partition coefficient (Wildman–Crippen LogP) is 2.99. The van der Waals surface area contributed by atoms with E-state index in [0.717, 1.165) is 15.9 Å². The summed E-state index contributed by atoms with van der Waals surface area (Å²) in [4.78, 5) is 8.31. The Kier molecular flexibility index (Phi) is 2.71. The molecule has 0 amide bonds. The topological polar surface area (TPSA) is 52.3 Å². The Bertz CT molecular complexity index is 710. The van der Waals surface area contributed by atoms with Crippen molar-refractivity contribution >= 4 is 21.7 Å². The number of ether oxygens (including phenoxy) is 1. The van der Waals surface area contributed by atoms with E-state index in [0.29, 0.717) is 11.7 Å². The first-order valence-electron chi connectivity index (χ1n) is 5.34. The molecular formula is C12H9BrN4O. The van der Waals surface area contributed by atoms with Crippen LogP contribution in [-0.2, 0) is 0 Å². The van der Waals surface area contributed by atoms with Gasteiger partial charge in [0.05, 0.1) is 4.47 Å². The SMILES string of the molecule is Cc1cc(Oc2ccccc2Br)n2ncnc2n1. The van der Waals surface area contributed by atoms with Crippen molar-refractivity contribution in [3.8, 4) is 11.6 Å². The average molecular weight is 305 g/mol. The summed E-state index contributed by atoms with van der Waals surface area (Å²) in [5.74, 6) is 1.83. The Hall–Kier alpha value is -1.95. The molecule has 0 saturated heterocycles. The molecule has 90 valence electrons. The van der Waals surface area contributed by atoms with Crippen LogP contribution in [0.25, 0.3) is 5.78 Å². The van der Waals surface area contributed by atoms with Gasteiger partial charge in [-0.3, -0.25) is 0 Å². The molecule has 0 radical (unpaired) electrons. The fraction of sp³-hybridized carbons (Fsp3) is 0.0833. The van der Waals surface area contributed by atoms with Crippen LogP contribution in [0, 0.1) is 6.92 Å². The van der Waals surface area contributed by atoms with E-state index in [4.69, 9.17) is 4.74 Å². The van der Waals surface area contributed by atoms with Gasteiger partial charge in [0, 0.05) is 11.8 Å². The summed E-state index contributed by atoms with van der Waals surface area (Å²) < 4.78 is 8.28. The molecule has 1 aromatic carbocycles. The number of aryl methyl sites for hydroxylation is 1. The molecule has 0 aliphatic heterocycles. The highest BCUT2D eigenvalue weighted by atomic mass is 79.9. The number of nitrogens with zero attached hydrogens (tertiary/aromatic N) is 4. The first-order valence-corrected chi connectivity index (χ1v) is 6.13. The fourth-order valence-corrected chi connectivity index (χ4v) is 1.98. The summed E-state index contributed by atoms with van der Waals surface area (Å²) in [6.07, 6.45) is 1.45. The quantitative estimate of drug-likeness (QED) is 0.730. The number of para-hydroxylation sites is 1. The van der Waals surface area contributed by atoms with E-state index >= 15 is 0 Å². The molecule has 0 bridgehead atoms. The molecule has 0 unspecified atom stereocenters. The summed E-state index contributed by atoms with van der Waals surface area (Å²) >= 11 is 3.44. The smallest absolute Gasteiger partial charge is 0.255 e. The molecule has 2 heterocycles. The maximum atomic E-state index is 5.84. The second-order valence-electron chi connectivity index (χ2n) is 3.74. The van der Waals surface area contributed by atoms with Crippen molar-refractivity contribution in [2.75, 3.05) is 0 Å². The lowest BCUT2D eigenvalue weighted by atomic mass is 10.3. The van der Waals surface area contributed by atoms with Crippen LogP contribution in [-0.4, -0.2) is 19.6 Å². The van der Waals surface area contributed by atoms with Gasteiger partial charge < -0.3 is 4.74 Å². The third-order valence-electron chi connectivity index (χ3n) is 2.40. The van der Waals surface area contributed by atoms with Crippen LogP contribution in [0.5, 0.6) is 11.6 Å². The van der Waals surface area contributed by atoms with Crippen molar-refractivity contribution in [2.24, 2.45) is 0 Å². The average Bonchev–Trinajstić information content (AvgIpc) is 2.80. The van der Waals surface area contributed by atoms with Crippen molar-refractivity contribution in [3.05, 3.63) is 46.8 Å². The van der Waals surface area contributed by atoms with Crippen molar-refractivity contribution in [2.45, 2.75) is 6.92 Å². The van der Waals surface area contributed by atoms with Crippen molar-refractivity contribution in [3.63, 3.8) is 0 Å². The van der Waals surface area contributed by atoms with E-state index in [1.165, 1.54) is 6.33 Å². The Morgan fingerprint density at radius 1 is 1.28 bits per heavy atom. The largest absolute Gasteiger partial charge is 0.438 e. The minimum absolute atomic E-state index is 0.525. The van der Waals surface area contributed by atoms with Crippen LogP contribution in [0.1, 0.15) is 5.69 Å². The number of hydrogen-bond donors (Lipinski definition) is 0. The normalized spacial score (nSPS) is 10.8. The summed E-state index contributed by atoms with van der Waals surface area (Å²) in [5, 5.41) is 4.09. The van der Waals surface area contributed by atoms with Gasteiger partial charge in [-0.05, 0) is 35.0 Å². The molecule has 18 heavy (non-hydrogen) atoms. The zero-order valence-corrected chi connectivity index (χ0v) is 11.1. The van der Waals surface area contributed by atoms with Crippen molar-refractivity contribution in [1.29, 1.82) is 0 Å². The Balaban J connectivity index is 2.10. The van der Waals surface area contributed by atoms with Gasteiger partial charge in [-0.2, -0.15) is 14.6 Å². The zero-order valence-electron chi connectivity index (χ0n) is 9.54. The third-order valence-corrected chi connectivity index (χ3v) is 3.05. The predicted molar refractivity (Wildman–Crippen MR) is 69.7 cm³/mol. The number of hydrogen-bond acceptors (Lipinski definition) is 4. The van der Waals surface area contributed by atoms with Crippen LogP contribution in [0.3, 0.4) is 0 Å². The lowest BCUT2D eigenvalue weighted by molar-refractivity contribution is 0.442. The molecule has 0 aliphatic carbocycles. The van der Waals surface area contributed by atoms with Gasteiger partial charge in [-0.15, -0.1) is 0 Å². The molecule has 0 atom stereocenters. The van der Waals surface area contributed by atoms with E-state index in [1.54, 1.807) is 4.52 Å². The summed E-state index contributed by atoms with van der Waals surface area (Å²) in [6, 6.07) is 9.46. The maximum absolute atomic E-state index is 5.84. The van der Waals surface area contributed by atoms with Crippen molar-refractivity contribution in [1.82, 2.24) is 19.6 Å². The first kappa shape index (κ1) is 11.2. The molecule has 0 aliphatic rings. The molecule has 0 spiro atoms. The van der Waals surface area contributed by atoms with E-state index in [9.17, 15) is 0 Å². The summed E-state index contributed by atoms with van der Waals surface area (Å²) in [5.41, 5.74) is 0.831. The van der Waals surface area contributed by atoms with Crippen LogP contribution in [0.4, 0.5) is 0 Å². The minimum Gasteiger partial charge on any atom is -0.438 e. The molecule has 5 nitrogen and oxygen atoms in total. The van der Waals surface area contributed by atoms with Gasteiger partial charge in [-0.1, -0.05) is 12.1 Å². The fourth-order valence-electron chi connectivity index (χ4n) is 1.61. The number of aromatic nitrogens is 4. The van der Waals surface area contributed by atoms with Crippen LogP contribution < -0.4 is 4.74 Å². The number of fused-ring (bicyclic) bond motifs is 1. The second kappa shape index (κ2) is 4.38. The summed E-state index contributed by atoms with van der Waals surface area (Å²) in [7, 11) is 0.